The Bertz CT molecular complexity index is 632. The van der Waals surface area contributed by atoms with Crippen LogP contribution in [0.15, 0.2) is 24.3 Å². The number of ether oxygens (including phenoxy) is 1. The van der Waals surface area contributed by atoms with Crippen LogP contribution in [0.3, 0.4) is 0 Å². The van der Waals surface area contributed by atoms with Crippen molar-refractivity contribution in [3.05, 3.63) is 29.8 Å². The second-order valence-corrected chi connectivity index (χ2v) is 8.77. The summed E-state index contributed by atoms with van der Waals surface area (Å²) in [4.78, 5) is 2.32. The minimum Gasteiger partial charge on any atom is -0.497 e. The lowest BCUT2D eigenvalue weighted by atomic mass is 10.2. The summed E-state index contributed by atoms with van der Waals surface area (Å²) < 4.78 is 34.2. The Labute approximate surface area is 151 Å². The lowest BCUT2D eigenvalue weighted by molar-refractivity contribution is 0.175. The second-order valence-electron chi connectivity index (χ2n) is 6.84. The van der Waals surface area contributed by atoms with Crippen LogP contribution < -0.4 is 4.74 Å². The number of rotatable bonds is 5. The highest BCUT2D eigenvalue weighted by Gasteiger charge is 2.32. The van der Waals surface area contributed by atoms with Crippen molar-refractivity contribution >= 4 is 10.2 Å². The van der Waals surface area contributed by atoms with E-state index in [4.69, 9.17) is 4.74 Å². The fourth-order valence-corrected chi connectivity index (χ4v) is 5.21. The molecule has 0 aliphatic carbocycles. The third-order valence-electron chi connectivity index (χ3n) is 5.11. The predicted octanol–water partition coefficient (Wildman–Crippen LogP) is 1.93. The van der Waals surface area contributed by atoms with Gasteiger partial charge in [-0.2, -0.15) is 17.0 Å². The van der Waals surface area contributed by atoms with Gasteiger partial charge in [0.15, 0.2) is 0 Å². The molecule has 6 nitrogen and oxygen atoms in total. The van der Waals surface area contributed by atoms with E-state index in [-0.39, 0.29) is 0 Å². The van der Waals surface area contributed by atoms with Crippen molar-refractivity contribution in [3.8, 4) is 5.75 Å². The van der Waals surface area contributed by atoms with E-state index in [9.17, 15) is 8.42 Å². The molecule has 0 N–H and O–H groups in total. The molecular formula is C18H29N3O3S. The average Bonchev–Trinajstić information content (AvgIpc) is 2.93. The Morgan fingerprint density at radius 3 is 1.96 bits per heavy atom. The van der Waals surface area contributed by atoms with Gasteiger partial charge >= 0.3 is 0 Å². The van der Waals surface area contributed by atoms with E-state index in [1.54, 1.807) is 15.7 Å². The van der Waals surface area contributed by atoms with E-state index in [1.807, 2.05) is 12.1 Å². The molecule has 7 heteroatoms. The first-order valence-corrected chi connectivity index (χ1v) is 10.6. The molecular weight excluding hydrogens is 338 g/mol. The third-order valence-corrected chi connectivity index (χ3v) is 7.15. The topological polar surface area (TPSA) is 53.1 Å². The fraction of sp³-hybridized carbons (Fsp3) is 0.667. The summed E-state index contributed by atoms with van der Waals surface area (Å²) in [7, 11) is -1.62. The van der Waals surface area contributed by atoms with Gasteiger partial charge in [0.2, 0.25) is 0 Å². The van der Waals surface area contributed by atoms with Crippen molar-refractivity contribution in [2.75, 3.05) is 46.4 Å². The van der Waals surface area contributed by atoms with E-state index in [2.05, 4.69) is 17.0 Å². The van der Waals surface area contributed by atoms with E-state index in [1.165, 1.54) is 5.56 Å². The molecule has 1 aromatic rings. The lowest BCUT2D eigenvalue weighted by Gasteiger charge is -2.36. The molecule has 0 bridgehead atoms. The quantitative estimate of drug-likeness (QED) is 0.798. The monoisotopic (exact) mass is 367 g/mol. The van der Waals surface area contributed by atoms with Gasteiger partial charge in [-0.15, -0.1) is 0 Å². The lowest BCUT2D eigenvalue weighted by Crippen LogP contribution is -2.52. The van der Waals surface area contributed by atoms with Crippen LogP contribution in [0.1, 0.15) is 31.2 Å². The first-order valence-electron chi connectivity index (χ1n) is 9.20. The van der Waals surface area contributed by atoms with Gasteiger partial charge < -0.3 is 4.74 Å². The zero-order valence-electron chi connectivity index (χ0n) is 15.1. The molecule has 2 aliphatic heterocycles. The van der Waals surface area contributed by atoms with Crippen LogP contribution in [-0.4, -0.2) is 68.3 Å². The van der Waals surface area contributed by atoms with Crippen LogP contribution >= 0.6 is 0 Å². The average molecular weight is 368 g/mol. The Balaban J connectivity index is 1.53. The minimum atomic E-state index is -3.29. The molecule has 1 aromatic carbocycles. The highest BCUT2D eigenvalue weighted by atomic mass is 32.2. The van der Waals surface area contributed by atoms with Gasteiger partial charge in [0, 0.05) is 45.8 Å². The maximum atomic E-state index is 12.8. The fourth-order valence-electron chi connectivity index (χ4n) is 3.54. The van der Waals surface area contributed by atoms with Gasteiger partial charge in [-0.3, -0.25) is 4.90 Å². The van der Waals surface area contributed by atoms with Gasteiger partial charge in [0.1, 0.15) is 5.75 Å². The van der Waals surface area contributed by atoms with Gasteiger partial charge in [0.25, 0.3) is 10.2 Å². The largest absolute Gasteiger partial charge is 0.497 e. The van der Waals surface area contributed by atoms with Crippen molar-refractivity contribution < 1.29 is 13.2 Å². The van der Waals surface area contributed by atoms with Crippen LogP contribution in [0.5, 0.6) is 5.75 Å². The van der Waals surface area contributed by atoms with Crippen LogP contribution in [0.25, 0.3) is 0 Å². The first kappa shape index (κ1) is 18.6. The molecule has 25 heavy (non-hydrogen) atoms. The maximum absolute atomic E-state index is 12.8. The maximum Gasteiger partial charge on any atom is 0.282 e. The van der Waals surface area contributed by atoms with Crippen molar-refractivity contribution in [3.63, 3.8) is 0 Å². The van der Waals surface area contributed by atoms with Crippen molar-refractivity contribution in [2.24, 2.45) is 0 Å². The Kier molecular flexibility index (Phi) is 6.33. The van der Waals surface area contributed by atoms with Crippen molar-refractivity contribution in [1.82, 2.24) is 13.5 Å². The highest BCUT2D eigenvalue weighted by molar-refractivity contribution is 7.86. The second kappa shape index (κ2) is 8.49. The summed E-state index contributed by atoms with van der Waals surface area (Å²) in [5.74, 6) is 0.858. The van der Waals surface area contributed by atoms with Gasteiger partial charge in [-0.25, -0.2) is 0 Å². The third kappa shape index (κ3) is 4.73. The number of hydrogen-bond acceptors (Lipinski definition) is 4. The zero-order valence-corrected chi connectivity index (χ0v) is 15.9. The molecule has 2 saturated heterocycles. The van der Waals surface area contributed by atoms with E-state index < -0.39 is 10.2 Å². The first-order chi connectivity index (χ1) is 12.1. The molecule has 0 atom stereocenters. The molecule has 0 radical (unpaired) electrons. The van der Waals surface area contributed by atoms with Crippen LogP contribution in [0.2, 0.25) is 0 Å². The van der Waals surface area contributed by atoms with Crippen LogP contribution in [-0.2, 0) is 16.8 Å². The molecule has 2 aliphatic rings. The SMILES string of the molecule is COc1ccc(CN2CCN(S(=O)(=O)N3CCCCCC3)CC2)cc1. The molecule has 3 rings (SSSR count). The van der Waals surface area contributed by atoms with Crippen molar-refractivity contribution in [2.45, 2.75) is 32.2 Å². The Hall–Kier alpha value is -1.15. The number of nitrogens with zero attached hydrogens (tertiary/aromatic N) is 3. The Morgan fingerprint density at radius 2 is 1.40 bits per heavy atom. The number of hydrogen-bond donors (Lipinski definition) is 0. The number of piperazine rings is 1. The summed E-state index contributed by atoms with van der Waals surface area (Å²) >= 11 is 0. The molecule has 2 fully saturated rings. The summed E-state index contributed by atoms with van der Waals surface area (Å²) in [5.41, 5.74) is 1.23. The van der Waals surface area contributed by atoms with Gasteiger partial charge in [-0.1, -0.05) is 25.0 Å². The minimum absolute atomic E-state index is 0.578. The highest BCUT2D eigenvalue weighted by Crippen LogP contribution is 2.19. The van der Waals surface area contributed by atoms with E-state index >= 15 is 0 Å². The van der Waals surface area contributed by atoms with Gasteiger partial charge in [0.05, 0.1) is 7.11 Å². The molecule has 0 unspecified atom stereocenters. The molecule has 2 heterocycles. The summed E-state index contributed by atoms with van der Waals surface area (Å²) in [5, 5.41) is 0. The molecule has 0 spiro atoms. The van der Waals surface area contributed by atoms with E-state index in [0.29, 0.717) is 26.2 Å². The zero-order chi connectivity index (χ0) is 17.7. The smallest absolute Gasteiger partial charge is 0.282 e. The number of methoxy groups -OCH3 is 1. The van der Waals surface area contributed by atoms with Crippen LogP contribution in [0, 0.1) is 0 Å². The van der Waals surface area contributed by atoms with Crippen LogP contribution in [0.4, 0.5) is 0 Å². The number of benzene rings is 1. The normalized spacial score (nSPS) is 21.8. The van der Waals surface area contributed by atoms with Gasteiger partial charge in [-0.05, 0) is 30.5 Å². The molecule has 0 aromatic heterocycles. The summed E-state index contributed by atoms with van der Waals surface area (Å²) in [6, 6.07) is 8.07. The predicted molar refractivity (Wildman–Crippen MR) is 98.8 cm³/mol. The molecule has 140 valence electrons. The van der Waals surface area contributed by atoms with E-state index in [0.717, 1.165) is 51.1 Å². The standard InChI is InChI=1S/C18H29N3O3S/c1-24-18-8-6-17(7-9-18)16-19-12-14-21(15-13-19)25(22,23)20-10-4-2-3-5-11-20/h6-9H,2-5,10-16H2,1H3. The molecule has 0 saturated carbocycles. The summed E-state index contributed by atoms with van der Waals surface area (Å²) in [6.45, 7) is 4.91. The molecule has 0 amide bonds. The van der Waals surface area contributed by atoms with Crippen molar-refractivity contribution in [1.29, 1.82) is 0 Å². The Morgan fingerprint density at radius 1 is 0.840 bits per heavy atom. The summed E-state index contributed by atoms with van der Waals surface area (Å²) in [6.07, 6.45) is 4.25.